The first-order chi connectivity index (χ1) is 14.2. The van der Waals surface area contributed by atoms with Crippen molar-refractivity contribution in [1.29, 1.82) is 0 Å². The van der Waals surface area contributed by atoms with E-state index in [0.717, 1.165) is 16.7 Å². The fourth-order valence-corrected chi connectivity index (χ4v) is 3.44. The quantitative estimate of drug-likeness (QED) is 0.546. The van der Waals surface area contributed by atoms with E-state index in [-0.39, 0.29) is 13.2 Å². The van der Waals surface area contributed by atoms with Crippen molar-refractivity contribution in [2.45, 2.75) is 11.6 Å². The molecule has 0 spiro atoms. The normalized spacial score (nSPS) is 12.4. The molecule has 0 saturated carbocycles. The SMILES string of the molecule is COc1ccc(C(OCC(N)CO)(c2ccccc2)c2ccccc2)c(OC)c1. The second kappa shape index (κ2) is 9.56. The minimum atomic E-state index is -0.979. The monoisotopic (exact) mass is 393 g/mol. The Labute approximate surface area is 171 Å². The van der Waals surface area contributed by atoms with E-state index in [9.17, 15) is 5.11 Å². The maximum atomic E-state index is 9.47. The summed E-state index contributed by atoms with van der Waals surface area (Å²) in [5.74, 6) is 1.32. The summed E-state index contributed by atoms with van der Waals surface area (Å²) in [6, 6.07) is 25.0. The molecule has 0 aliphatic carbocycles. The van der Waals surface area contributed by atoms with Crippen LogP contribution in [0.5, 0.6) is 11.5 Å². The molecular formula is C24H27NO4. The van der Waals surface area contributed by atoms with Gasteiger partial charge in [-0.15, -0.1) is 0 Å². The number of rotatable bonds is 9. The van der Waals surface area contributed by atoms with Gasteiger partial charge >= 0.3 is 0 Å². The number of hydrogen-bond donors (Lipinski definition) is 2. The summed E-state index contributed by atoms with van der Waals surface area (Å²) in [6.45, 7) is -0.00508. The van der Waals surface area contributed by atoms with Crippen molar-refractivity contribution in [2.75, 3.05) is 27.4 Å². The second-order valence-corrected chi connectivity index (χ2v) is 6.73. The molecule has 0 aromatic heterocycles. The van der Waals surface area contributed by atoms with E-state index >= 15 is 0 Å². The molecule has 29 heavy (non-hydrogen) atoms. The minimum absolute atomic E-state index is 0.162. The van der Waals surface area contributed by atoms with Crippen molar-refractivity contribution >= 4 is 0 Å². The molecule has 0 saturated heterocycles. The molecule has 1 atom stereocenters. The third kappa shape index (κ3) is 4.27. The highest BCUT2D eigenvalue weighted by Crippen LogP contribution is 2.45. The maximum absolute atomic E-state index is 9.47. The van der Waals surface area contributed by atoms with Gasteiger partial charge in [-0.2, -0.15) is 0 Å². The zero-order valence-corrected chi connectivity index (χ0v) is 16.7. The lowest BCUT2D eigenvalue weighted by Crippen LogP contribution is -2.39. The zero-order valence-electron chi connectivity index (χ0n) is 16.7. The number of hydrogen-bond acceptors (Lipinski definition) is 5. The largest absolute Gasteiger partial charge is 0.497 e. The number of aliphatic hydroxyl groups is 1. The van der Waals surface area contributed by atoms with Crippen molar-refractivity contribution in [3.8, 4) is 11.5 Å². The fourth-order valence-electron chi connectivity index (χ4n) is 3.44. The van der Waals surface area contributed by atoms with Crippen LogP contribution in [0.3, 0.4) is 0 Å². The smallest absolute Gasteiger partial charge is 0.147 e. The van der Waals surface area contributed by atoms with Crippen LogP contribution >= 0.6 is 0 Å². The highest BCUT2D eigenvalue weighted by atomic mass is 16.5. The number of benzene rings is 3. The van der Waals surface area contributed by atoms with Crippen LogP contribution in [0.4, 0.5) is 0 Å². The Kier molecular flexibility index (Phi) is 6.88. The Balaban J connectivity index is 2.30. The summed E-state index contributed by atoms with van der Waals surface area (Å²) in [5, 5.41) is 9.47. The Bertz CT molecular complexity index is 860. The molecular weight excluding hydrogens is 366 g/mol. The van der Waals surface area contributed by atoms with Crippen LogP contribution in [0.1, 0.15) is 16.7 Å². The third-order valence-electron chi connectivity index (χ3n) is 4.90. The minimum Gasteiger partial charge on any atom is -0.497 e. The summed E-state index contributed by atoms with van der Waals surface area (Å²) >= 11 is 0. The van der Waals surface area contributed by atoms with Gasteiger partial charge in [-0.25, -0.2) is 0 Å². The average molecular weight is 393 g/mol. The van der Waals surface area contributed by atoms with Crippen LogP contribution in [0.2, 0.25) is 0 Å². The van der Waals surface area contributed by atoms with Crippen LogP contribution in [-0.4, -0.2) is 38.6 Å². The molecule has 5 nitrogen and oxygen atoms in total. The topological polar surface area (TPSA) is 73.9 Å². The Morgan fingerprint density at radius 2 is 1.45 bits per heavy atom. The first-order valence-corrected chi connectivity index (χ1v) is 9.49. The molecule has 3 aromatic carbocycles. The first-order valence-electron chi connectivity index (χ1n) is 9.49. The van der Waals surface area contributed by atoms with E-state index in [0.29, 0.717) is 11.5 Å². The van der Waals surface area contributed by atoms with E-state index in [1.54, 1.807) is 14.2 Å². The number of ether oxygens (including phenoxy) is 3. The van der Waals surface area contributed by atoms with Crippen LogP contribution in [0.15, 0.2) is 78.9 Å². The van der Waals surface area contributed by atoms with Gasteiger partial charge in [0.1, 0.15) is 17.1 Å². The van der Waals surface area contributed by atoms with Gasteiger partial charge in [-0.05, 0) is 23.3 Å². The van der Waals surface area contributed by atoms with Crippen molar-refractivity contribution in [1.82, 2.24) is 0 Å². The summed E-state index contributed by atoms with van der Waals surface area (Å²) < 4.78 is 17.7. The summed E-state index contributed by atoms with van der Waals surface area (Å²) in [6.07, 6.45) is 0. The fraction of sp³-hybridized carbons (Fsp3) is 0.250. The van der Waals surface area contributed by atoms with Crippen LogP contribution in [-0.2, 0) is 10.3 Å². The highest BCUT2D eigenvalue weighted by molar-refractivity contribution is 5.54. The molecule has 5 heteroatoms. The van der Waals surface area contributed by atoms with Gasteiger partial charge in [0.25, 0.3) is 0 Å². The van der Waals surface area contributed by atoms with Gasteiger partial charge in [-0.1, -0.05) is 60.7 Å². The van der Waals surface area contributed by atoms with Gasteiger partial charge in [0, 0.05) is 11.6 Å². The molecule has 152 valence electrons. The highest BCUT2D eigenvalue weighted by Gasteiger charge is 2.40. The molecule has 0 fully saturated rings. The molecule has 3 rings (SSSR count). The Hall–Kier alpha value is -2.86. The van der Waals surface area contributed by atoms with Crippen LogP contribution in [0.25, 0.3) is 0 Å². The molecule has 3 N–H and O–H groups in total. The number of aliphatic hydroxyl groups excluding tert-OH is 1. The molecule has 0 radical (unpaired) electrons. The maximum Gasteiger partial charge on any atom is 0.147 e. The van der Waals surface area contributed by atoms with Gasteiger partial charge in [0.05, 0.1) is 33.5 Å². The number of nitrogens with two attached hydrogens (primary N) is 1. The summed E-state index contributed by atoms with van der Waals surface area (Å²) in [4.78, 5) is 0. The molecule has 1 unspecified atom stereocenters. The van der Waals surface area contributed by atoms with Crippen LogP contribution < -0.4 is 15.2 Å². The summed E-state index contributed by atoms with van der Waals surface area (Å²) in [5.41, 5.74) is 7.71. The van der Waals surface area contributed by atoms with Crippen molar-refractivity contribution < 1.29 is 19.3 Å². The lowest BCUT2D eigenvalue weighted by Gasteiger charge is -2.37. The van der Waals surface area contributed by atoms with E-state index in [2.05, 4.69) is 0 Å². The van der Waals surface area contributed by atoms with Gasteiger partial charge in [-0.3, -0.25) is 0 Å². The van der Waals surface area contributed by atoms with Crippen molar-refractivity contribution in [3.05, 3.63) is 95.6 Å². The predicted octanol–water partition coefficient (Wildman–Crippen LogP) is 3.33. The molecule has 0 bridgehead atoms. The standard InChI is InChI=1S/C24H27NO4/c1-27-21-13-14-22(23(15-21)28-2)24(29-17-20(25)16-26,18-9-5-3-6-10-18)19-11-7-4-8-12-19/h3-15,20,26H,16-17,25H2,1-2H3. The second-order valence-electron chi connectivity index (χ2n) is 6.73. The molecule has 0 heterocycles. The summed E-state index contributed by atoms with van der Waals surface area (Å²) in [7, 11) is 3.24. The molecule has 0 aliphatic heterocycles. The lowest BCUT2D eigenvalue weighted by atomic mass is 9.79. The van der Waals surface area contributed by atoms with Gasteiger partial charge in [0.15, 0.2) is 0 Å². The molecule has 0 aliphatic rings. The van der Waals surface area contributed by atoms with E-state index < -0.39 is 11.6 Å². The zero-order chi connectivity index (χ0) is 20.7. The van der Waals surface area contributed by atoms with E-state index in [1.807, 2.05) is 78.9 Å². The van der Waals surface area contributed by atoms with Crippen molar-refractivity contribution in [3.63, 3.8) is 0 Å². The first kappa shape index (κ1) is 20.9. The lowest BCUT2D eigenvalue weighted by molar-refractivity contribution is -0.00329. The van der Waals surface area contributed by atoms with E-state index in [1.165, 1.54) is 0 Å². The van der Waals surface area contributed by atoms with E-state index in [4.69, 9.17) is 19.9 Å². The van der Waals surface area contributed by atoms with Gasteiger partial charge in [0.2, 0.25) is 0 Å². The number of methoxy groups -OCH3 is 2. The Morgan fingerprint density at radius 1 is 0.862 bits per heavy atom. The molecule has 3 aromatic rings. The van der Waals surface area contributed by atoms with Crippen molar-refractivity contribution in [2.24, 2.45) is 5.73 Å². The predicted molar refractivity (Wildman–Crippen MR) is 113 cm³/mol. The van der Waals surface area contributed by atoms with Crippen LogP contribution in [0, 0.1) is 0 Å². The Morgan fingerprint density at radius 3 is 1.93 bits per heavy atom. The molecule has 0 amide bonds. The third-order valence-corrected chi connectivity index (χ3v) is 4.90. The van der Waals surface area contributed by atoms with Gasteiger partial charge < -0.3 is 25.1 Å². The average Bonchev–Trinajstić information content (AvgIpc) is 2.80.